The highest BCUT2D eigenvalue weighted by Crippen LogP contribution is 2.21. The van der Waals surface area contributed by atoms with E-state index in [0.29, 0.717) is 0 Å². The minimum absolute atomic E-state index is 0.0356. The lowest BCUT2D eigenvalue weighted by molar-refractivity contribution is -0.385. The molecule has 7 heteroatoms. The van der Waals surface area contributed by atoms with E-state index in [2.05, 4.69) is 10.6 Å². The maximum absolute atomic E-state index is 13.7. The molecule has 0 aliphatic heterocycles. The molecule has 6 nitrogen and oxygen atoms in total. The quantitative estimate of drug-likeness (QED) is 0.620. The van der Waals surface area contributed by atoms with E-state index in [0.717, 1.165) is 12.5 Å². The van der Waals surface area contributed by atoms with E-state index in [1.165, 1.54) is 12.1 Å². The molecule has 2 atom stereocenters. The molecule has 1 rings (SSSR count). The minimum atomic E-state index is -0.762. The molecule has 0 bridgehead atoms. The number of benzene rings is 1. The number of non-ortho nitro benzene ring substituents is 1. The second kappa shape index (κ2) is 6.83. The van der Waals surface area contributed by atoms with Crippen LogP contribution in [0.15, 0.2) is 18.2 Å². The average molecular weight is 283 g/mol. The Balaban J connectivity index is 2.73. The van der Waals surface area contributed by atoms with Crippen LogP contribution in [0.1, 0.15) is 27.2 Å². The van der Waals surface area contributed by atoms with Crippen LogP contribution in [0.2, 0.25) is 0 Å². The summed E-state index contributed by atoms with van der Waals surface area (Å²) in [6.45, 7) is 5.41. The van der Waals surface area contributed by atoms with E-state index in [1.54, 1.807) is 6.92 Å². The third kappa shape index (κ3) is 4.18. The maximum Gasteiger partial charge on any atom is 0.272 e. The number of nitro groups is 1. The molecule has 2 unspecified atom stereocenters. The lowest BCUT2D eigenvalue weighted by atomic mass is 10.2. The highest BCUT2D eigenvalue weighted by molar-refractivity contribution is 5.84. The molecule has 1 amide bonds. The average Bonchev–Trinajstić information content (AvgIpc) is 2.40. The molecule has 0 aliphatic carbocycles. The summed E-state index contributed by atoms with van der Waals surface area (Å²) in [5.41, 5.74) is -0.271. The molecule has 1 aromatic rings. The van der Waals surface area contributed by atoms with Crippen molar-refractivity contribution >= 4 is 17.3 Å². The molecule has 2 N–H and O–H groups in total. The van der Waals surface area contributed by atoms with Crippen LogP contribution in [-0.4, -0.2) is 22.9 Å². The second-order valence-corrected chi connectivity index (χ2v) is 4.61. The number of carbonyl (C=O) groups excluding carboxylic acids is 1. The largest absolute Gasteiger partial charge is 0.372 e. The zero-order chi connectivity index (χ0) is 15.3. The number of rotatable bonds is 6. The van der Waals surface area contributed by atoms with Gasteiger partial charge in [-0.2, -0.15) is 0 Å². The van der Waals surface area contributed by atoms with Crippen molar-refractivity contribution in [3.63, 3.8) is 0 Å². The van der Waals surface area contributed by atoms with Crippen molar-refractivity contribution < 1.29 is 14.1 Å². The van der Waals surface area contributed by atoms with Crippen molar-refractivity contribution in [2.45, 2.75) is 39.3 Å². The summed E-state index contributed by atoms with van der Waals surface area (Å²) in [6, 6.07) is 2.65. The smallest absolute Gasteiger partial charge is 0.272 e. The van der Waals surface area contributed by atoms with Crippen molar-refractivity contribution in [2.24, 2.45) is 0 Å². The Morgan fingerprint density at radius 1 is 1.45 bits per heavy atom. The van der Waals surface area contributed by atoms with Gasteiger partial charge in [0.15, 0.2) is 5.82 Å². The first-order valence-electron chi connectivity index (χ1n) is 6.36. The van der Waals surface area contributed by atoms with Crippen LogP contribution in [0, 0.1) is 15.9 Å². The predicted octanol–water partition coefficient (Wildman–Crippen LogP) is 2.45. The fourth-order valence-electron chi connectivity index (χ4n) is 1.50. The Morgan fingerprint density at radius 3 is 2.60 bits per heavy atom. The van der Waals surface area contributed by atoms with Crippen LogP contribution in [0.5, 0.6) is 0 Å². The van der Waals surface area contributed by atoms with Crippen molar-refractivity contribution in [1.82, 2.24) is 5.32 Å². The van der Waals surface area contributed by atoms with E-state index in [-0.39, 0.29) is 23.3 Å². The van der Waals surface area contributed by atoms with E-state index >= 15 is 0 Å². The van der Waals surface area contributed by atoms with Crippen LogP contribution in [0.4, 0.5) is 15.8 Å². The topological polar surface area (TPSA) is 84.3 Å². The predicted molar refractivity (Wildman–Crippen MR) is 74.0 cm³/mol. The Labute approximate surface area is 116 Å². The van der Waals surface area contributed by atoms with Gasteiger partial charge in [0.1, 0.15) is 6.04 Å². The minimum Gasteiger partial charge on any atom is -0.372 e. The van der Waals surface area contributed by atoms with Gasteiger partial charge in [0, 0.05) is 12.1 Å². The molecule has 0 radical (unpaired) electrons. The van der Waals surface area contributed by atoms with Gasteiger partial charge in [-0.15, -0.1) is 0 Å². The summed E-state index contributed by atoms with van der Waals surface area (Å²) < 4.78 is 13.7. The highest BCUT2D eigenvalue weighted by atomic mass is 19.1. The molecule has 0 heterocycles. The van der Waals surface area contributed by atoms with Crippen LogP contribution in [0.3, 0.4) is 0 Å². The van der Waals surface area contributed by atoms with Gasteiger partial charge < -0.3 is 10.6 Å². The second-order valence-electron chi connectivity index (χ2n) is 4.61. The molecule has 0 aliphatic rings. The number of hydrogen-bond donors (Lipinski definition) is 2. The Bertz CT molecular complexity index is 508. The summed E-state index contributed by atoms with van der Waals surface area (Å²) in [6.07, 6.45) is 0.796. The number of nitrogens with zero attached hydrogens (tertiary/aromatic N) is 1. The summed E-state index contributed by atoms with van der Waals surface area (Å²) >= 11 is 0. The number of nitro benzene ring substituents is 1. The number of nitrogens with one attached hydrogen (secondary N) is 2. The number of halogens is 1. The molecule has 0 aromatic heterocycles. The molecule has 1 aromatic carbocycles. The number of anilines is 1. The maximum atomic E-state index is 13.7. The molecule has 0 saturated heterocycles. The van der Waals surface area contributed by atoms with Gasteiger partial charge in [-0.05, 0) is 26.3 Å². The van der Waals surface area contributed by atoms with Crippen LogP contribution in [0.25, 0.3) is 0 Å². The Kier molecular flexibility index (Phi) is 5.42. The van der Waals surface area contributed by atoms with Crippen molar-refractivity contribution in [3.8, 4) is 0 Å². The Morgan fingerprint density at radius 2 is 2.10 bits per heavy atom. The lowest BCUT2D eigenvalue weighted by Crippen LogP contribution is -2.42. The first-order chi connectivity index (χ1) is 9.35. The highest BCUT2D eigenvalue weighted by Gasteiger charge is 2.17. The van der Waals surface area contributed by atoms with Crippen LogP contribution < -0.4 is 10.6 Å². The van der Waals surface area contributed by atoms with Gasteiger partial charge in [-0.3, -0.25) is 14.9 Å². The van der Waals surface area contributed by atoms with Gasteiger partial charge in [-0.25, -0.2) is 4.39 Å². The van der Waals surface area contributed by atoms with Crippen molar-refractivity contribution in [2.75, 3.05) is 5.32 Å². The summed E-state index contributed by atoms with van der Waals surface area (Å²) in [4.78, 5) is 21.6. The SMILES string of the molecule is CCC(C)NC(=O)C(C)Nc1ccc([N+](=O)[O-])cc1F. The standard InChI is InChI=1S/C13H18FN3O3/c1-4-8(2)15-13(18)9(3)16-12-6-5-10(17(19)20)7-11(12)14/h5-9,16H,4H2,1-3H3,(H,15,18). The third-order valence-electron chi connectivity index (χ3n) is 2.93. The molecule has 0 spiro atoms. The van der Waals surface area contributed by atoms with E-state index in [9.17, 15) is 19.3 Å². The molecule has 0 saturated carbocycles. The molecule has 110 valence electrons. The van der Waals surface area contributed by atoms with Gasteiger partial charge >= 0.3 is 0 Å². The number of hydrogen-bond acceptors (Lipinski definition) is 4. The van der Waals surface area contributed by atoms with Crippen LogP contribution in [-0.2, 0) is 4.79 Å². The summed E-state index contributed by atoms with van der Waals surface area (Å²) in [5.74, 6) is -1.01. The fraction of sp³-hybridized carbons (Fsp3) is 0.462. The first-order valence-corrected chi connectivity index (χ1v) is 6.36. The zero-order valence-corrected chi connectivity index (χ0v) is 11.6. The van der Waals surface area contributed by atoms with Crippen molar-refractivity contribution in [1.29, 1.82) is 0 Å². The molecule has 20 heavy (non-hydrogen) atoms. The summed E-state index contributed by atoms with van der Waals surface area (Å²) in [5, 5.41) is 16.0. The third-order valence-corrected chi connectivity index (χ3v) is 2.93. The summed E-state index contributed by atoms with van der Waals surface area (Å²) in [7, 11) is 0. The van der Waals surface area contributed by atoms with Gasteiger partial charge in [0.25, 0.3) is 5.69 Å². The van der Waals surface area contributed by atoms with E-state index in [1.807, 2.05) is 13.8 Å². The van der Waals surface area contributed by atoms with E-state index < -0.39 is 16.8 Å². The lowest BCUT2D eigenvalue weighted by Gasteiger charge is -2.18. The number of amides is 1. The van der Waals surface area contributed by atoms with E-state index in [4.69, 9.17) is 0 Å². The Hall–Kier alpha value is -2.18. The van der Waals surface area contributed by atoms with Gasteiger partial charge in [-0.1, -0.05) is 6.92 Å². The molecular weight excluding hydrogens is 265 g/mol. The monoisotopic (exact) mass is 283 g/mol. The molecule has 0 fully saturated rings. The first kappa shape index (κ1) is 15.9. The van der Waals surface area contributed by atoms with Gasteiger partial charge in [0.2, 0.25) is 5.91 Å². The van der Waals surface area contributed by atoms with Crippen LogP contribution >= 0.6 is 0 Å². The van der Waals surface area contributed by atoms with Crippen molar-refractivity contribution in [3.05, 3.63) is 34.1 Å². The number of carbonyl (C=O) groups is 1. The molecular formula is C13H18FN3O3. The zero-order valence-electron chi connectivity index (χ0n) is 11.6. The van der Waals surface area contributed by atoms with Gasteiger partial charge in [0.05, 0.1) is 16.7 Å². The normalized spacial score (nSPS) is 13.4. The fourth-order valence-corrected chi connectivity index (χ4v) is 1.50.